The monoisotopic (exact) mass is 317 g/mol. The summed E-state index contributed by atoms with van der Waals surface area (Å²) in [7, 11) is 0. The van der Waals surface area contributed by atoms with E-state index in [9.17, 15) is 9.59 Å². The van der Waals surface area contributed by atoms with E-state index in [4.69, 9.17) is 5.11 Å². The van der Waals surface area contributed by atoms with E-state index in [0.29, 0.717) is 25.3 Å². The molecule has 1 aromatic carbocycles. The van der Waals surface area contributed by atoms with Gasteiger partial charge in [-0.15, -0.1) is 0 Å². The van der Waals surface area contributed by atoms with Gasteiger partial charge >= 0.3 is 5.97 Å². The highest BCUT2D eigenvalue weighted by Gasteiger charge is 2.27. The van der Waals surface area contributed by atoms with Gasteiger partial charge in [0.2, 0.25) is 5.91 Å². The number of carboxylic acid groups (broad SMARTS) is 1. The number of benzene rings is 1. The predicted octanol–water partition coefficient (Wildman–Crippen LogP) is 3.65. The number of carbonyl (C=O) groups excluding carboxylic acids is 1. The standard InChI is InChI=1S/C19H27NO3/c21-18(13-4-5-14-19(22)23)20-15-7-12-17(20)11-6-10-16-8-2-1-3-9-16/h1-3,8-9,17H,4-7,10-15H2,(H,22,23). The summed E-state index contributed by atoms with van der Waals surface area (Å²) in [6.07, 6.45) is 7.36. The van der Waals surface area contributed by atoms with Crippen molar-refractivity contribution in [3.8, 4) is 0 Å². The molecule has 1 aliphatic heterocycles. The van der Waals surface area contributed by atoms with Crippen molar-refractivity contribution < 1.29 is 14.7 Å². The highest BCUT2D eigenvalue weighted by Crippen LogP contribution is 2.23. The van der Waals surface area contributed by atoms with Crippen molar-refractivity contribution in [2.24, 2.45) is 0 Å². The van der Waals surface area contributed by atoms with Crippen molar-refractivity contribution >= 4 is 11.9 Å². The van der Waals surface area contributed by atoms with E-state index in [2.05, 4.69) is 24.3 Å². The Morgan fingerprint density at radius 3 is 2.57 bits per heavy atom. The van der Waals surface area contributed by atoms with E-state index in [1.807, 2.05) is 11.0 Å². The highest BCUT2D eigenvalue weighted by molar-refractivity contribution is 5.76. The number of rotatable bonds is 9. The first-order valence-electron chi connectivity index (χ1n) is 8.72. The molecule has 0 radical (unpaired) electrons. The summed E-state index contributed by atoms with van der Waals surface area (Å²) in [5.41, 5.74) is 1.36. The maximum absolute atomic E-state index is 12.3. The van der Waals surface area contributed by atoms with Crippen molar-refractivity contribution in [1.29, 1.82) is 0 Å². The first-order valence-corrected chi connectivity index (χ1v) is 8.72. The van der Waals surface area contributed by atoms with Gasteiger partial charge in [-0.25, -0.2) is 0 Å². The van der Waals surface area contributed by atoms with Gasteiger partial charge in [0.15, 0.2) is 0 Å². The first kappa shape index (κ1) is 17.5. The normalized spacial score (nSPS) is 17.4. The molecule has 4 nitrogen and oxygen atoms in total. The van der Waals surface area contributed by atoms with E-state index in [1.54, 1.807) is 0 Å². The maximum atomic E-state index is 12.3. The Bertz CT molecular complexity index is 501. The second-order valence-electron chi connectivity index (χ2n) is 6.36. The summed E-state index contributed by atoms with van der Waals surface area (Å²) in [5.74, 6) is -0.574. The van der Waals surface area contributed by atoms with E-state index in [1.165, 1.54) is 5.56 Å². The van der Waals surface area contributed by atoms with Crippen molar-refractivity contribution in [3.05, 3.63) is 35.9 Å². The lowest BCUT2D eigenvalue weighted by molar-refractivity contribution is -0.137. The second-order valence-corrected chi connectivity index (χ2v) is 6.36. The third kappa shape index (κ3) is 6.05. The first-order chi connectivity index (χ1) is 11.2. The number of nitrogens with zero attached hydrogens (tertiary/aromatic N) is 1. The van der Waals surface area contributed by atoms with Crippen LogP contribution in [-0.4, -0.2) is 34.5 Å². The van der Waals surface area contributed by atoms with Crippen LogP contribution in [0.25, 0.3) is 0 Å². The summed E-state index contributed by atoms with van der Waals surface area (Å²) < 4.78 is 0. The average Bonchev–Trinajstić information content (AvgIpc) is 3.01. The molecule has 23 heavy (non-hydrogen) atoms. The number of hydrogen-bond donors (Lipinski definition) is 1. The Labute approximate surface area is 138 Å². The quantitative estimate of drug-likeness (QED) is 0.707. The van der Waals surface area contributed by atoms with E-state index < -0.39 is 5.97 Å². The van der Waals surface area contributed by atoms with Gasteiger partial charge in [-0.2, -0.15) is 0 Å². The topological polar surface area (TPSA) is 57.6 Å². The summed E-state index contributed by atoms with van der Waals surface area (Å²) in [6, 6.07) is 10.9. The van der Waals surface area contributed by atoms with E-state index >= 15 is 0 Å². The maximum Gasteiger partial charge on any atom is 0.303 e. The van der Waals surface area contributed by atoms with Crippen LogP contribution in [0.2, 0.25) is 0 Å². The molecule has 0 saturated carbocycles. The number of aryl methyl sites for hydroxylation is 1. The van der Waals surface area contributed by atoms with Crippen LogP contribution in [0.3, 0.4) is 0 Å². The fraction of sp³-hybridized carbons (Fsp3) is 0.579. The Hall–Kier alpha value is -1.84. The fourth-order valence-electron chi connectivity index (χ4n) is 3.35. The smallest absolute Gasteiger partial charge is 0.303 e. The largest absolute Gasteiger partial charge is 0.481 e. The number of aliphatic carboxylic acids is 1. The number of carboxylic acids is 1. The summed E-state index contributed by atoms with van der Waals surface area (Å²) in [5, 5.41) is 8.63. The molecule has 1 fully saturated rings. The van der Waals surface area contributed by atoms with E-state index in [0.717, 1.165) is 38.6 Å². The number of carbonyl (C=O) groups is 2. The number of likely N-dealkylation sites (tertiary alicyclic amines) is 1. The molecule has 126 valence electrons. The molecular weight excluding hydrogens is 290 g/mol. The van der Waals surface area contributed by atoms with Gasteiger partial charge in [0, 0.05) is 25.4 Å². The summed E-state index contributed by atoms with van der Waals surface area (Å²) in [6.45, 7) is 0.869. The van der Waals surface area contributed by atoms with Crippen molar-refractivity contribution in [3.63, 3.8) is 0 Å². The molecule has 0 aliphatic carbocycles. The Morgan fingerprint density at radius 1 is 1.09 bits per heavy atom. The van der Waals surface area contributed by atoms with Gasteiger partial charge in [0.05, 0.1) is 0 Å². The Kier molecular flexibility index (Phi) is 7.11. The lowest BCUT2D eigenvalue weighted by Crippen LogP contribution is -2.35. The molecule has 1 aromatic rings. The molecule has 0 bridgehead atoms. The highest BCUT2D eigenvalue weighted by atomic mass is 16.4. The lowest BCUT2D eigenvalue weighted by atomic mass is 10.0. The molecule has 1 heterocycles. The molecule has 1 atom stereocenters. The third-order valence-electron chi connectivity index (χ3n) is 4.57. The van der Waals surface area contributed by atoms with Gasteiger partial charge in [-0.3, -0.25) is 9.59 Å². The van der Waals surface area contributed by atoms with Gasteiger partial charge < -0.3 is 10.0 Å². The fourth-order valence-corrected chi connectivity index (χ4v) is 3.35. The van der Waals surface area contributed by atoms with Crippen LogP contribution in [0.1, 0.15) is 56.9 Å². The van der Waals surface area contributed by atoms with Crippen LogP contribution in [0.5, 0.6) is 0 Å². The van der Waals surface area contributed by atoms with Gasteiger partial charge in [0.25, 0.3) is 0 Å². The number of amides is 1. The molecule has 1 N–H and O–H groups in total. The van der Waals surface area contributed by atoms with E-state index in [-0.39, 0.29) is 12.3 Å². The van der Waals surface area contributed by atoms with Crippen LogP contribution in [0, 0.1) is 0 Å². The van der Waals surface area contributed by atoms with Crippen LogP contribution in [0.15, 0.2) is 30.3 Å². The molecule has 1 saturated heterocycles. The zero-order valence-electron chi connectivity index (χ0n) is 13.7. The molecule has 1 amide bonds. The SMILES string of the molecule is O=C(O)CCCCC(=O)N1CCCC1CCCc1ccccc1. The summed E-state index contributed by atoms with van der Waals surface area (Å²) >= 11 is 0. The van der Waals surface area contributed by atoms with Gasteiger partial charge in [0.1, 0.15) is 0 Å². The Morgan fingerprint density at radius 2 is 1.83 bits per heavy atom. The Balaban J connectivity index is 1.69. The molecule has 4 heteroatoms. The third-order valence-corrected chi connectivity index (χ3v) is 4.57. The number of hydrogen-bond acceptors (Lipinski definition) is 2. The van der Waals surface area contributed by atoms with Crippen LogP contribution in [-0.2, 0) is 16.0 Å². The lowest BCUT2D eigenvalue weighted by Gasteiger charge is -2.25. The molecule has 2 rings (SSSR count). The molecular formula is C19H27NO3. The minimum Gasteiger partial charge on any atom is -0.481 e. The van der Waals surface area contributed by atoms with Crippen LogP contribution in [0.4, 0.5) is 0 Å². The van der Waals surface area contributed by atoms with Crippen LogP contribution < -0.4 is 0 Å². The summed E-state index contributed by atoms with van der Waals surface area (Å²) in [4.78, 5) is 24.8. The van der Waals surface area contributed by atoms with Gasteiger partial charge in [-0.05, 0) is 50.5 Å². The zero-order chi connectivity index (χ0) is 16.5. The second kappa shape index (κ2) is 9.33. The van der Waals surface area contributed by atoms with Crippen molar-refractivity contribution in [2.75, 3.05) is 6.54 Å². The predicted molar refractivity (Wildman–Crippen MR) is 90.2 cm³/mol. The van der Waals surface area contributed by atoms with Crippen LogP contribution >= 0.6 is 0 Å². The van der Waals surface area contributed by atoms with Crippen molar-refractivity contribution in [1.82, 2.24) is 4.90 Å². The minimum atomic E-state index is -0.780. The average molecular weight is 317 g/mol. The zero-order valence-corrected chi connectivity index (χ0v) is 13.7. The molecule has 0 aromatic heterocycles. The minimum absolute atomic E-state index is 0.161. The molecule has 1 aliphatic rings. The molecule has 1 unspecified atom stereocenters. The number of unbranched alkanes of at least 4 members (excludes halogenated alkanes) is 1. The van der Waals surface area contributed by atoms with Gasteiger partial charge in [-0.1, -0.05) is 30.3 Å². The van der Waals surface area contributed by atoms with Crippen molar-refractivity contribution in [2.45, 2.75) is 63.8 Å². The molecule has 0 spiro atoms.